The first kappa shape index (κ1) is 15.5. The number of nitrogens with two attached hydrogens (primary N) is 1. The van der Waals surface area contributed by atoms with Crippen LogP contribution in [0.3, 0.4) is 0 Å². The lowest BCUT2D eigenvalue weighted by molar-refractivity contribution is -0.157. The number of rotatable bonds is 3. The molecule has 2 rings (SSSR count). The van der Waals surface area contributed by atoms with Crippen LogP contribution in [0.25, 0.3) is 0 Å². The molecule has 5 heteroatoms. The largest absolute Gasteiger partial charge is 0.342 e. The Morgan fingerprint density at radius 1 is 1.29 bits per heavy atom. The Morgan fingerprint density at radius 3 is 2.52 bits per heavy atom. The van der Waals surface area contributed by atoms with E-state index in [2.05, 4.69) is 0 Å². The fourth-order valence-corrected chi connectivity index (χ4v) is 2.75. The quantitative estimate of drug-likeness (QED) is 0.888. The number of amides is 2. The Labute approximate surface area is 125 Å². The third kappa shape index (κ3) is 3.08. The summed E-state index contributed by atoms with van der Waals surface area (Å²) in [6, 6.07) is 9.06. The fourth-order valence-electron chi connectivity index (χ4n) is 2.75. The Bertz CT molecular complexity index is 528. The molecule has 5 nitrogen and oxygen atoms in total. The summed E-state index contributed by atoms with van der Waals surface area (Å²) in [6.07, 6.45) is 0.482. The molecule has 0 radical (unpaired) electrons. The molecule has 0 saturated carbocycles. The van der Waals surface area contributed by atoms with Crippen LogP contribution < -0.4 is 5.73 Å². The zero-order chi connectivity index (χ0) is 15.6. The number of piperazine rings is 1. The van der Waals surface area contributed by atoms with E-state index < -0.39 is 11.6 Å². The van der Waals surface area contributed by atoms with E-state index in [0.717, 1.165) is 5.56 Å². The lowest BCUT2D eigenvalue weighted by atomic mass is 9.95. The van der Waals surface area contributed by atoms with Gasteiger partial charge in [-0.1, -0.05) is 30.3 Å². The summed E-state index contributed by atoms with van der Waals surface area (Å²) in [7, 11) is 1.76. The van der Waals surface area contributed by atoms with E-state index in [1.54, 1.807) is 30.7 Å². The first-order valence-electron chi connectivity index (χ1n) is 7.20. The molecule has 0 bridgehead atoms. The Morgan fingerprint density at radius 2 is 1.90 bits per heavy atom. The molecule has 2 N–H and O–H groups in total. The van der Waals surface area contributed by atoms with Crippen LogP contribution in [0.5, 0.6) is 0 Å². The van der Waals surface area contributed by atoms with Crippen molar-refractivity contribution in [1.29, 1.82) is 0 Å². The normalized spacial score (nSPS) is 19.5. The molecular weight excluding hydrogens is 266 g/mol. The van der Waals surface area contributed by atoms with Gasteiger partial charge in [-0.15, -0.1) is 0 Å². The van der Waals surface area contributed by atoms with E-state index >= 15 is 0 Å². The van der Waals surface area contributed by atoms with E-state index in [-0.39, 0.29) is 11.8 Å². The maximum absolute atomic E-state index is 12.6. The summed E-state index contributed by atoms with van der Waals surface area (Å²) in [5, 5.41) is 0. The molecule has 1 saturated heterocycles. The summed E-state index contributed by atoms with van der Waals surface area (Å²) in [4.78, 5) is 28.1. The second-order valence-corrected chi connectivity index (χ2v) is 6.07. The van der Waals surface area contributed by atoms with Crippen molar-refractivity contribution in [2.45, 2.75) is 31.8 Å². The maximum atomic E-state index is 12.6. The highest BCUT2D eigenvalue weighted by atomic mass is 16.2. The van der Waals surface area contributed by atoms with Gasteiger partial charge in [0.2, 0.25) is 11.8 Å². The minimum Gasteiger partial charge on any atom is -0.342 e. The predicted octanol–water partition coefficient (Wildman–Crippen LogP) is 0.636. The van der Waals surface area contributed by atoms with Gasteiger partial charge in [0, 0.05) is 20.1 Å². The molecule has 1 aliphatic rings. The summed E-state index contributed by atoms with van der Waals surface area (Å²) >= 11 is 0. The number of carbonyl (C=O) groups is 2. The van der Waals surface area contributed by atoms with Crippen molar-refractivity contribution in [2.75, 3.05) is 20.1 Å². The molecule has 1 heterocycles. The van der Waals surface area contributed by atoms with Gasteiger partial charge in [-0.3, -0.25) is 9.59 Å². The SMILES string of the molecule is CN1CCN(C(=O)[C@H](N)Cc2ccccc2)C(C)(C)C1=O. The van der Waals surface area contributed by atoms with Gasteiger partial charge in [0.15, 0.2) is 0 Å². The van der Waals surface area contributed by atoms with E-state index in [1.807, 2.05) is 30.3 Å². The van der Waals surface area contributed by atoms with Crippen LogP contribution in [0.15, 0.2) is 30.3 Å². The van der Waals surface area contributed by atoms with E-state index in [4.69, 9.17) is 5.73 Å². The van der Waals surface area contributed by atoms with Crippen molar-refractivity contribution in [1.82, 2.24) is 9.80 Å². The lowest BCUT2D eigenvalue weighted by Crippen LogP contribution is -2.66. The number of likely N-dealkylation sites (N-methyl/N-ethyl adjacent to an activating group) is 1. The number of benzene rings is 1. The third-order valence-electron chi connectivity index (χ3n) is 4.09. The van der Waals surface area contributed by atoms with Crippen molar-refractivity contribution in [3.8, 4) is 0 Å². The average Bonchev–Trinajstić information content (AvgIpc) is 2.45. The fraction of sp³-hybridized carbons (Fsp3) is 0.500. The summed E-state index contributed by atoms with van der Waals surface area (Å²) in [6.45, 7) is 4.62. The molecule has 21 heavy (non-hydrogen) atoms. The first-order valence-corrected chi connectivity index (χ1v) is 7.20. The van der Waals surface area contributed by atoms with Gasteiger partial charge in [-0.05, 0) is 25.8 Å². The molecule has 0 unspecified atom stereocenters. The molecule has 1 aromatic carbocycles. The van der Waals surface area contributed by atoms with Crippen LogP contribution in [0, 0.1) is 0 Å². The van der Waals surface area contributed by atoms with Gasteiger partial charge >= 0.3 is 0 Å². The highest BCUT2D eigenvalue weighted by Gasteiger charge is 2.43. The minimum atomic E-state index is -0.835. The van der Waals surface area contributed by atoms with Crippen LogP contribution in [0.2, 0.25) is 0 Å². The van der Waals surface area contributed by atoms with Crippen LogP contribution in [-0.2, 0) is 16.0 Å². The summed E-state index contributed by atoms with van der Waals surface area (Å²) in [5.74, 6) is -0.209. The van der Waals surface area contributed by atoms with Crippen LogP contribution >= 0.6 is 0 Å². The molecule has 1 aliphatic heterocycles. The van der Waals surface area contributed by atoms with Crippen LogP contribution in [0.1, 0.15) is 19.4 Å². The van der Waals surface area contributed by atoms with Crippen molar-refractivity contribution in [3.63, 3.8) is 0 Å². The van der Waals surface area contributed by atoms with Crippen molar-refractivity contribution in [2.24, 2.45) is 5.73 Å². The maximum Gasteiger partial charge on any atom is 0.247 e. The minimum absolute atomic E-state index is 0.0472. The Balaban J connectivity index is 2.10. The third-order valence-corrected chi connectivity index (χ3v) is 4.09. The lowest BCUT2D eigenvalue weighted by Gasteiger charge is -2.45. The smallest absolute Gasteiger partial charge is 0.247 e. The standard InChI is InChI=1S/C16H23N3O2/c1-16(2)15(21)18(3)9-10-19(16)14(20)13(17)11-12-7-5-4-6-8-12/h4-8,13H,9-11,17H2,1-3H3/t13-/m1/s1. The van der Waals surface area contributed by atoms with E-state index in [1.165, 1.54) is 0 Å². The topological polar surface area (TPSA) is 66.6 Å². The molecular formula is C16H23N3O2. The van der Waals surface area contributed by atoms with Gasteiger partial charge in [0.25, 0.3) is 0 Å². The highest BCUT2D eigenvalue weighted by molar-refractivity contribution is 5.93. The van der Waals surface area contributed by atoms with Crippen LogP contribution in [0.4, 0.5) is 0 Å². The van der Waals surface area contributed by atoms with Gasteiger partial charge in [0.05, 0.1) is 6.04 Å². The Kier molecular flexibility index (Phi) is 4.32. The van der Waals surface area contributed by atoms with E-state index in [0.29, 0.717) is 19.5 Å². The molecule has 1 atom stereocenters. The van der Waals surface area contributed by atoms with Gasteiger partial charge in [-0.2, -0.15) is 0 Å². The molecule has 0 aliphatic carbocycles. The van der Waals surface area contributed by atoms with Crippen LogP contribution in [-0.4, -0.2) is 53.3 Å². The average molecular weight is 289 g/mol. The number of nitrogens with zero attached hydrogens (tertiary/aromatic N) is 2. The highest BCUT2D eigenvalue weighted by Crippen LogP contribution is 2.22. The number of hydrogen-bond donors (Lipinski definition) is 1. The molecule has 1 aromatic rings. The van der Waals surface area contributed by atoms with Crippen molar-refractivity contribution >= 4 is 11.8 Å². The molecule has 2 amide bonds. The predicted molar refractivity (Wildman–Crippen MR) is 81.6 cm³/mol. The monoisotopic (exact) mass is 289 g/mol. The van der Waals surface area contributed by atoms with Gasteiger partial charge in [0.1, 0.15) is 5.54 Å². The molecule has 114 valence electrons. The van der Waals surface area contributed by atoms with Gasteiger partial charge in [-0.25, -0.2) is 0 Å². The Hall–Kier alpha value is -1.88. The second-order valence-electron chi connectivity index (χ2n) is 6.07. The summed E-state index contributed by atoms with van der Waals surface area (Å²) in [5.41, 5.74) is 6.25. The molecule has 0 aromatic heterocycles. The van der Waals surface area contributed by atoms with Crippen molar-refractivity contribution < 1.29 is 9.59 Å². The zero-order valence-electron chi connectivity index (χ0n) is 12.9. The molecule has 1 fully saturated rings. The van der Waals surface area contributed by atoms with Gasteiger partial charge < -0.3 is 15.5 Å². The summed E-state index contributed by atoms with van der Waals surface area (Å²) < 4.78 is 0. The zero-order valence-corrected chi connectivity index (χ0v) is 12.9. The number of carbonyl (C=O) groups excluding carboxylic acids is 2. The van der Waals surface area contributed by atoms with Crippen molar-refractivity contribution in [3.05, 3.63) is 35.9 Å². The molecule has 0 spiro atoms. The second kappa shape index (κ2) is 5.85. The number of hydrogen-bond acceptors (Lipinski definition) is 3. The van der Waals surface area contributed by atoms with E-state index in [9.17, 15) is 9.59 Å². The first-order chi connectivity index (χ1) is 9.84.